The highest BCUT2D eigenvalue weighted by molar-refractivity contribution is 7.90. The summed E-state index contributed by atoms with van der Waals surface area (Å²) in [6.07, 6.45) is 5.43. The van der Waals surface area contributed by atoms with Crippen LogP contribution in [0.1, 0.15) is 17.0 Å². The van der Waals surface area contributed by atoms with Gasteiger partial charge >= 0.3 is 0 Å². The van der Waals surface area contributed by atoms with Crippen LogP contribution < -0.4 is 4.74 Å². The van der Waals surface area contributed by atoms with Gasteiger partial charge in [-0.05, 0) is 0 Å². The minimum absolute atomic E-state index is 0.0999. The van der Waals surface area contributed by atoms with E-state index in [1.54, 1.807) is 24.6 Å². The number of sulfone groups is 1. The highest BCUT2D eigenvalue weighted by Gasteiger charge is 2.23. The van der Waals surface area contributed by atoms with Crippen molar-refractivity contribution in [1.29, 1.82) is 0 Å². The molecule has 25 heavy (non-hydrogen) atoms. The summed E-state index contributed by atoms with van der Waals surface area (Å²) in [5.74, 6) is 0.640. The Balaban J connectivity index is 1.59. The van der Waals surface area contributed by atoms with Crippen molar-refractivity contribution in [2.75, 3.05) is 19.9 Å². The molecule has 4 heterocycles. The minimum atomic E-state index is -3.38. The van der Waals surface area contributed by atoms with E-state index in [-0.39, 0.29) is 5.16 Å². The molecule has 0 unspecified atom stereocenters. The van der Waals surface area contributed by atoms with Gasteiger partial charge in [0.1, 0.15) is 5.69 Å². The molecule has 0 spiro atoms. The summed E-state index contributed by atoms with van der Waals surface area (Å²) < 4.78 is 30.7. The highest BCUT2D eigenvalue weighted by Crippen LogP contribution is 2.26. The van der Waals surface area contributed by atoms with Crippen molar-refractivity contribution in [3.05, 3.63) is 34.7 Å². The Morgan fingerprint density at radius 2 is 2.20 bits per heavy atom. The molecule has 4 rings (SSSR count). The van der Waals surface area contributed by atoms with Crippen molar-refractivity contribution >= 4 is 26.1 Å². The molecule has 1 aliphatic rings. The average Bonchev–Trinajstić information content (AvgIpc) is 3.15. The summed E-state index contributed by atoms with van der Waals surface area (Å²) in [6.45, 7) is 2.14. The van der Waals surface area contributed by atoms with E-state index in [1.807, 2.05) is 16.0 Å². The third-order valence-corrected chi connectivity index (χ3v) is 5.83. The van der Waals surface area contributed by atoms with Crippen LogP contribution in [0.15, 0.2) is 22.9 Å². The van der Waals surface area contributed by atoms with Crippen LogP contribution in [-0.2, 0) is 29.3 Å². The molecule has 0 fully saturated rings. The van der Waals surface area contributed by atoms with Gasteiger partial charge in [-0.3, -0.25) is 9.30 Å². The minimum Gasteiger partial charge on any atom is -0.480 e. The van der Waals surface area contributed by atoms with Gasteiger partial charge in [-0.15, -0.1) is 11.3 Å². The Bertz CT molecular complexity index is 1040. The van der Waals surface area contributed by atoms with Gasteiger partial charge in [0.2, 0.25) is 20.9 Å². The first kappa shape index (κ1) is 16.4. The van der Waals surface area contributed by atoms with Gasteiger partial charge < -0.3 is 4.74 Å². The lowest BCUT2D eigenvalue weighted by molar-refractivity contribution is 0.234. The zero-order valence-corrected chi connectivity index (χ0v) is 15.5. The van der Waals surface area contributed by atoms with E-state index in [4.69, 9.17) is 4.74 Å². The van der Waals surface area contributed by atoms with Crippen LogP contribution in [0.3, 0.4) is 0 Å². The molecule has 132 valence electrons. The summed E-state index contributed by atoms with van der Waals surface area (Å²) >= 11 is 1.57. The molecule has 0 amide bonds. The maximum atomic E-state index is 11.6. The van der Waals surface area contributed by atoms with Crippen LogP contribution in [0.5, 0.6) is 5.88 Å². The summed E-state index contributed by atoms with van der Waals surface area (Å²) in [6, 6.07) is 0. The van der Waals surface area contributed by atoms with Crippen molar-refractivity contribution in [2.24, 2.45) is 0 Å². The Kier molecular flexibility index (Phi) is 3.97. The topological polar surface area (TPSA) is 89.7 Å². The number of hydrogen-bond donors (Lipinski definition) is 0. The van der Waals surface area contributed by atoms with Crippen LogP contribution in [0.2, 0.25) is 0 Å². The number of thiazole rings is 1. The third-order valence-electron chi connectivity index (χ3n) is 4.21. The number of methoxy groups -OCH3 is 1. The van der Waals surface area contributed by atoms with Gasteiger partial charge in [-0.1, -0.05) is 0 Å². The van der Waals surface area contributed by atoms with E-state index in [9.17, 15) is 8.42 Å². The number of fused-ring (bicyclic) bond motifs is 2. The summed E-state index contributed by atoms with van der Waals surface area (Å²) in [4.78, 5) is 15.9. The van der Waals surface area contributed by atoms with Crippen LogP contribution >= 0.6 is 11.3 Å². The van der Waals surface area contributed by atoms with Crippen molar-refractivity contribution in [3.8, 4) is 5.88 Å². The molecule has 8 nitrogen and oxygen atoms in total. The summed E-state index contributed by atoms with van der Waals surface area (Å²) in [7, 11) is -1.75. The summed E-state index contributed by atoms with van der Waals surface area (Å²) in [5, 5.41) is 1.90. The van der Waals surface area contributed by atoms with E-state index < -0.39 is 9.84 Å². The number of rotatable bonds is 4. The first-order valence-corrected chi connectivity index (χ1v) is 10.5. The highest BCUT2D eigenvalue weighted by atomic mass is 32.2. The van der Waals surface area contributed by atoms with Crippen LogP contribution in [-0.4, -0.2) is 52.6 Å². The Hall–Kier alpha value is -2.04. The molecule has 0 radical (unpaired) electrons. The fourth-order valence-corrected chi connectivity index (χ4v) is 4.25. The number of imidazole rings is 1. The lowest BCUT2D eigenvalue weighted by Gasteiger charge is -2.27. The fraction of sp³-hybridized carbons (Fsp3) is 0.400. The second kappa shape index (κ2) is 6.04. The van der Waals surface area contributed by atoms with E-state index in [2.05, 4.69) is 19.9 Å². The zero-order valence-electron chi connectivity index (χ0n) is 13.8. The van der Waals surface area contributed by atoms with E-state index in [1.165, 1.54) is 0 Å². The standard InChI is InChI=1S/C15H17N5O3S2/c1-23-13-12(20-5-6-24-15(20)18-13)9-19-4-3-11-10(8-19)7-16-14(17-11)25(2,21)22/h5-7H,3-4,8-9H2,1-2H3. The Labute approximate surface area is 149 Å². The maximum absolute atomic E-state index is 11.6. The number of nitrogens with zero attached hydrogens (tertiary/aromatic N) is 5. The monoisotopic (exact) mass is 379 g/mol. The fourth-order valence-electron chi connectivity index (χ4n) is 3.00. The van der Waals surface area contributed by atoms with E-state index in [0.29, 0.717) is 25.4 Å². The molecule has 0 N–H and O–H groups in total. The summed E-state index contributed by atoms with van der Waals surface area (Å²) in [5.41, 5.74) is 2.78. The molecule has 0 saturated carbocycles. The lowest BCUT2D eigenvalue weighted by atomic mass is 10.1. The molecule has 0 atom stereocenters. The molecular weight excluding hydrogens is 362 g/mol. The molecule has 10 heteroatoms. The van der Waals surface area contributed by atoms with Crippen LogP contribution in [0, 0.1) is 0 Å². The molecule has 0 aliphatic carbocycles. The van der Waals surface area contributed by atoms with Gasteiger partial charge in [-0.25, -0.2) is 18.4 Å². The van der Waals surface area contributed by atoms with Crippen molar-refractivity contribution in [3.63, 3.8) is 0 Å². The molecule has 1 aliphatic heterocycles. The second-order valence-corrected chi connectivity index (χ2v) is 8.76. The van der Waals surface area contributed by atoms with Crippen molar-refractivity contribution in [1.82, 2.24) is 24.3 Å². The smallest absolute Gasteiger partial charge is 0.246 e. The van der Waals surface area contributed by atoms with E-state index in [0.717, 1.165) is 34.7 Å². The van der Waals surface area contributed by atoms with Gasteiger partial charge in [-0.2, -0.15) is 4.98 Å². The maximum Gasteiger partial charge on any atom is 0.246 e. The number of aromatic nitrogens is 4. The zero-order chi connectivity index (χ0) is 17.6. The molecule has 0 aromatic carbocycles. The van der Waals surface area contributed by atoms with Gasteiger partial charge in [0.25, 0.3) is 0 Å². The first-order valence-electron chi connectivity index (χ1n) is 7.71. The molecule has 3 aromatic heterocycles. The van der Waals surface area contributed by atoms with Crippen molar-refractivity contribution < 1.29 is 13.2 Å². The first-order chi connectivity index (χ1) is 12.0. The normalized spacial score (nSPS) is 15.4. The quantitative estimate of drug-likeness (QED) is 0.628. The van der Waals surface area contributed by atoms with Crippen molar-refractivity contribution in [2.45, 2.75) is 24.7 Å². The predicted molar refractivity (Wildman–Crippen MR) is 92.6 cm³/mol. The van der Waals surface area contributed by atoms with Gasteiger partial charge in [0, 0.05) is 55.6 Å². The molecule has 0 saturated heterocycles. The van der Waals surface area contributed by atoms with Crippen LogP contribution in [0.25, 0.3) is 4.96 Å². The number of ether oxygens (including phenoxy) is 1. The average molecular weight is 379 g/mol. The lowest BCUT2D eigenvalue weighted by Crippen LogP contribution is -2.31. The number of hydrogen-bond acceptors (Lipinski definition) is 8. The molecule has 3 aromatic rings. The third kappa shape index (κ3) is 3.00. The van der Waals surface area contributed by atoms with Crippen LogP contribution in [0.4, 0.5) is 0 Å². The largest absolute Gasteiger partial charge is 0.480 e. The molecular formula is C15H17N5O3S2. The van der Waals surface area contributed by atoms with E-state index >= 15 is 0 Å². The molecule has 0 bridgehead atoms. The van der Waals surface area contributed by atoms with Gasteiger partial charge in [0.05, 0.1) is 12.8 Å². The Morgan fingerprint density at radius 1 is 1.36 bits per heavy atom. The Morgan fingerprint density at radius 3 is 2.96 bits per heavy atom. The predicted octanol–water partition coefficient (Wildman–Crippen LogP) is 1.16. The SMILES string of the molecule is COc1nc2sccn2c1CN1CCc2nc(S(C)(=O)=O)ncc2C1. The second-order valence-electron chi connectivity index (χ2n) is 5.98. The van der Waals surface area contributed by atoms with Gasteiger partial charge in [0.15, 0.2) is 4.96 Å².